The first kappa shape index (κ1) is 21.1. The van der Waals surface area contributed by atoms with Crippen molar-refractivity contribution in [3.63, 3.8) is 0 Å². The summed E-state index contributed by atoms with van der Waals surface area (Å²) in [6.07, 6.45) is 6.14. The van der Waals surface area contributed by atoms with Gasteiger partial charge in [-0.1, -0.05) is 17.7 Å². The van der Waals surface area contributed by atoms with E-state index in [2.05, 4.69) is 20.2 Å². The zero-order chi connectivity index (χ0) is 23.9. The largest absolute Gasteiger partial charge is 0.464 e. The molecule has 0 N–H and O–H groups in total. The van der Waals surface area contributed by atoms with Crippen LogP contribution in [0.15, 0.2) is 78.1 Å². The summed E-state index contributed by atoms with van der Waals surface area (Å²) < 4.78 is 36.2. The molecular weight excluding hydrogens is 476 g/mol. The predicted octanol–water partition coefficient (Wildman–Crippen LogP) is 5.31. The number of fused-ring (bicyclic) bond motifs is 1. The van der Waals surface area contributed by atoms with Crippen molar-refractivity contribution in [1.29, 1.82) is 0 Å². The summed E-state index contributed by atoms with van der Waals surface area (Å²) in [5.41, 5.74) is 2.49. The maximum atomic E-state index is 13.9. The summed E-state index contributed by atoms with van der Waals surface area (Å²) in [6.45, 7) is 0.147. The van der Waals surface area contributed by atoms with Gasteiger partial charge in [0.1, 0.15) is 24.5 Å². The molecule has 8 nitrogen and oxygen atoms in total. The van der Waals surface area contributed by atoms with Crippen molar-refractivity contribution < 1.29 is 13.2 Å². The molecule has 11 heteroatoms. The Morgan fingerprint density at radius 2 is 1.91 bits per heavy atom. The lowest BCUT2D eigenvalue weighted by Crippen LogP contribution is -2.05. The Morgan fingerprint density at radius 3 is 2.74 bits per heavy atom. The minimum absolute atomic E-state index is 0.147. The zero-order valence-electron chi connectivity index (χ0n) is 17.8. The van der Waals surface area contributed by atoms with Crippen LogP contribution < -0.4 is 0 Å². The summed E-state index contributed by atoms with van der Waals surface area (Å²) in [5.74, 6) is -0.427. The third-order valence-electron chi connectivity index (χ3n) is 5.42. The van der Waals surface area contributed by atoms with Gasteiger partial charge < -0.3 is 4.42 Å². The van der Waals surface area contributed by atoms with Crippen LogP contribution in [0.1, 0.15) is 5.56 Å². The van der Waals surface area contributed by atoms with Gasteiger partial charge in [0, 0.05) is 22.2 Å². The van der Waals surface area contributed by atoms with Gasteiger partial charge >= 0.3 is 0 Å². The minimum Gasteiger partial charge on any atom is -0.464 e. The molecule has 35 heavy (non-hydrogen) atoms. The van der Waals surface area contributed by atoms with Crippen molar-refractivity contribution in [2.45, 2.75) is 6.54 Å². The zero-order valence-corrected chi connectivity index (χ0v) is 18.6. The van der Waals surface area contributed by atoms with Crippen LogP contribution in [-0.4, -0.2) is 34.5 Å². The van der Waals surface area contributed by atoms with Crippen LogP contribution in [0.4, 0.5) is 8.78 Å². The quantitative estimate of drug-likeness (QED) is 0.326. The van der Waals surface area contributed by atoms with E-state index in [1.807, 2.05) is 0 Å². The van der Waals surface area contributed by atoms with Gasteiger partial charge in [0.25, 0.3) is 0 Å². The van der Waals surface area contributed by atoms with Crippen LogP contribution in [-0.2, 0) is 6.54 Å². The first-order valence-electron chi connectivity index (χ1n) is 10.4. The number of halogens is 3. The summed E-state index contributed by atoms with van der Waals surface area (Å²) in [6, 6.07) is 12.6. The highest BCUT2D eigenvalue weighted by Crippen LogP contribution is 2.33. The molecule has 0 aliphatic carbocycles. The molecule has 172 valence electrons. The average molecular weight is 490 g/mol. The van der Waals surface area contributed by atoms with Gasteiger partial charge in [-0.3, -0.25) is 0 Å². The molecule has 0 aliphatic heterocycles. The van der Waals surface area contributed by atoms with Crippen molar-refractivity contribution in [3.8, 4) is 28.6 Å². The molecule has 0 saturated heterocycles. The minimum atomic E-state index is -0.934. The SMILES string of the molecule is Fc1ccc(Cn2nc(-c3ccnc(-n4cncn4)c3)nc2-c2coc3ccc(Cl)cc23)cc1F. The lowest BCUT2D eigenvalue weighted by molar-refractivity contribution is 0.506. The molecule has 0 aliphatic rings. The topological polar surface area (TPSA) is 87.5 Å². The smallest absolute Gasteiger partial charge is 0.181 e. The van der Waals surface area contributed by atoms with Crippen LogP contribution in [0.25, 0.3) is 39.6 Å². The van der Waals surface area contributed by atoms with Gasteiger partial charge in [-0.05, 0) is 48.0 Å². The molecule has 0 spiro atoms. The monoisotopic (exact) mass is 489 g/mol. The molecule has 0 saturated carbocycles. The number of furan rings is 1. The molecule has 0 atom stereocenters. The fraction of sp³-hybridized carbons (Fsp3) is 0.0417. The summed E-state index contributed by atoms with van der Waals surface area (Å²) in [7, 11) is 0. The van der Waals surface area contributed by atoms with Crippen molar-refractivity contribution in [2.24, 2.45) is 0 Å². The van der Waals surface area contributed by atoms with Crippen molar-refractivity contribution in [1.82, 2.24) is 34.5 Å². The number of hydrogen-bond donors (Lipinski definition) is 0. The van der Waals surface area contributed by atoms with Crippen LogP contribution >= 0.6 is 11.6 Å². The number of rotatable bonds is 5. The van der Waals surface area contributed by atoms with Gasteiger partial charge in [0.2, 0.25) is 0 Å². The Hall–Kier alpha value is -4.44. The van der Waals surface area contributed by atoms with Crippen LogP contribution in [0, 0.1) is 11.6 Å². The number of hydrogen-bond acceptors (Lipinski definition) is 6. The summed E-state index contributed by atoms with van der Waals surface area (Å²) >= 11 is 6.22. The Bertz CT molecular complexity index is 1680. The van der Waals surface area contributed by atoms with E-state index in [4.69, 9.17) is 21.0 Å². The molecule has 4 aromatic heterocycles. The van der Waals surface area contributed by atoms with E-state index in [9.17, 15) is 8.78 Å². The Labute approximate surface area is 201 Å². The molecule has 0 unspecified atom stereocenters. The predicted molar refractivity (Wildman–Crippen MR) is 124 cm³/mol. The summed E-state index contributed by atoms with van der Waals surface area (Å²) in [5, 5.41) is 10.1. The van der Waals surface area contributed by atoms with Crippen molar-refractivity contribution >= 4 is 22.6 Å². The third-order valence-corrected chi connectivity index (χ3v) is 5.66. The standard InChI is InChI=1S/C24H14ClF2N7O/c25-16-2-4-21-17(9-16)18(11-35-21)24-31-23(15-5-6-29-22(8-15)34-13-28-12-30-34)32-33(24)10-14-1-3-19(26)20(27)7-14/h1-9,11-13H,10H2. The number of nitrogens with zero attached hydrogens (tertiary/aromatic N) is 7. The van der Waals surface area contributed by atoms with E-state index < -0.39 is 11.6 Å². The summed E-state index contributed by atoms with van der Waals surface area (Å²) in [4.78, 5) is 13.0. The van der Waals surface area contributed by atoms with Gasteiger partial charge in [0.15, 0.2) is 29.1 Å². The van der Waals surface area contributed by atoms with Gasteiger partial charge in [-0.15, -0.1) is 0 Å². The van der Waals surface area contributed by atoms with Crippen molar-refractivity contribution in [2.75, 3.05) is 0 Å². The lowest BCUT2D eigenvalue weighted by atomic mass is 10.1. The molecule has 0 radical (unpaired) electrons. The number of pyridine rings is 1. The average Bonchev–Trinajstić information content (AvgIpc) is 3.61. The van der Waals surface area contributed by atoms with E-state index in [1.165, 1.54) is 23.4 Å². The molecule has 4 heterocycles. The van der Waals surface area contributed by atoms with Crippen LogP contribution in [0.3, 0.4) is 0 Å². The van der Waals surface area contributed by atoms with Gasteiger partial charge in [-0.2, -0.15) is 10.2 Å². The molecule has 2 aromatic carbocycles. The lowest BCUT2D eigenvalue weighted by Gasteiger charge is -2.06. The highest BCUT2D eigenvalue weighted by atomic mass is 35.5. The van der Waals surface area contributed by atoms with E-state index in [0.717, 1.165) is 17.5 Å². The second kappa shape index (κ2) is 8.41. The first-order valence-corrected chi connectivity index (χ1v) is 10.8. The Balaban J connectivity index is 1.49. The molecule has 0 fully saturated rings. The fourth-order valence-electron chi connectivity index (χ4n) is 3.77. The first-order chi connectivity index (χ1) is 17.0. The van der Waals surface area contributed by atoms with E-state index in [1.54, 1.807) is 47.5 Å². The number of benzene rings is 2. The maximum absolute atomic E-state index is 13.9. The molecular formula is C24H14ClF2N7O. The van der Waals surface area contributed by atoms with Crippen LogP contribution in [0.5, 0.6) is 0 Å². The van der Waals surface area contributed by atoms with Gasteiger partial charge in [0.05, 0.1) is 12.1 Å². The van der Waals surface area contributed by atoms with Crippen LogP contribution in [0.2, 0.25) is 5.02 Å². The maximum Gasteiger partial charge on any atom is 0.181 e. The van der Waals surface area contributed by atoms with Crippen molar-refractivity contribution in [3.05, 3.63) is 95.9 Å². The third kappa shape index (κ3) is 3.93. The Kier molecular flexibility index (Phi) is 5.07. The Morgan fingerprint density at radius 1 is 1.00 bits per heavy atom. The molecule has 6 rings (SSSR count). The highest BCUT2D eigenvalue weighted by Gasteiger charge is 2.19. The molecule has 0 amide bonds. The van der Waals surface area contributed by atoms with E-state index in [0.29, 0.717) is 44.8 Å². The number of aromatic nitrogens is 7. The molecule has 6 aromatic rings. The second-order valence-corrected chi connectivity index (χ2v) is 8.13. The highest BCUT2D eigenvalue weighted by molar-refractivity contribution is 6.31. The normalized spacial score (nSPS) is 11.4. The van der Waals surface area contributed by atoms with E-state index in [-0.39, 0.29) is 6.54 Å². The fourth-order valence-corrected chi connectivity index (χ4v) is 3.94. The van der Waals surface area contributed by atoms with E-state index >= 15 is 0 Å². The molecule has 0 bridgehead atoms. The van der Waals surface area contributed by atoms with Gasteiger partial charge in [-0.25, -0.2) is 33.1 Å². The second-order valence-electron chi connectivity index (χ2n) is 7.70.